The van der Waals surface area contributed by atoms with Crippen LogP contribution in [-0.2, 0) is 0 Å². The van der Waals surface area contributed by atoms with Crippen molar-refractivity contribution in [1.29, 1.82) is 0 Å². The van der Waals surface area contributed by atoms with E-state index >= 15 is 0 Å². The molecule has 1 heterocycles. The standard InChI is InChI=1S/C21H15N/c1-2-5-16(6-3-1)8-9-17-10-11-18-12-13-19-7-4-14-22-21(19)20(18)15-17/h1-15H/b9-8-. The van der Waals surface area contributed by atoms with Gasteiger partial charge >= 0.3 is 0 Å². The zero-order valence-corrected chi connectivity index (χ0v) is 12.1. The van der Waals surface area contributed by atoms with Crippen molar-refractivity contribution in [3.05, 3.63) is 90.1 Å². The van der Waals surface area contributed by atoms with Gasteiger partial charge in [0.2, 0.25) is 0 Å². The molecule has 0 aliphatic heterocycles. The van der Waals surface area contributed by atoms with Gasteiger partial charge in [0.25, 0.3) is 0 Å². The summed E-state index contributed by atoms with van der Waals surface area (Å²) in [6.07, 6.45) is 6.14. The Labute approximate surface area is 129 Å². The first kappa shape index (κ1) is 12.8. The second kappa shape index (κ2) is 5.45. The number of rotatable bonds is 2. The first-order chi connectivity index (χ1) is 10.9. The predicted octanol–water partition coefficient (Wildman–Crippen LogP) is 5.56. The van der Waals surface area contributed by atoms with E-state index in [1.807, 2.05) is 18.3 Å². The lowest BCUT2D eigenvalue weighted by atomic mass is 10.0. The van der Waals surface area contributed by atoms with Gasteiger partial charge in [0.15, 0.2) is 0 Å². The molecule has 0 unspecified atom stereocenters. The van der Waals surface area contributed by atoms with Gasteiger partial charge in [0, 0.05) is 17.0 Å². The average Bonchev–Trinajstić information content (AvgIpc) is 2.60. The number of hydrogen-bond acceptors (Lipinski definition) is 1. The molecular formula is C21H15N. The Bertz CT molecular complexity index is 969. The molecule has 22 heavy (non-hydrogen) atoms. The maximum Gasteiger partial charge on any atom is 0.0780 e. The Balaban J connectivity index is 1.83. The van der Waals surface area contributed by atoms with Crippen molar-refractivity contribution >= 4 is 33.8 Å². The van der Waals surface area contributed by atoms with Crippen molar-refractivity contribution in [3.63, 3.8) is 0 Å². The van der Waals surface area contributed by atoms with Gasteiger partial charge in [-0.25, -0.2) is 0 Å². The molecule has 104 valence electrons. The first-order valence-corrected chi connectivity index (χ1v) is 7.41. The summed E-state index contributed by atoms with van der Waals surface area (Å²) in [7, 11) is 0. The number of pyridine rings is 1. The minimum atomic E-state index is 1.06. The van der Waals surface area contributed by atoms with Crippen LogP contribution in [0.1, 0.15) is 11.1 Å². The zero-order valence-electron chi connectivity index (χ0n) is 12.1. The van der Waals surface area contributed by atoms with Crippen LogP contribution >= 0.6 is 0 Å². The molecule has 0 bridgehead atoms. The largest absolute Gasteiger partial charge is 0.256 e. The Morgan fingerprint density at radius 2 is 1.41 bits per heavy atom. The number of benzene rings is 3. The Morgan fingerprint density at radius 3 is 2.32 bits per heavy atom. The fraction of sp³-hybridized carbons (Fsp3) is 0. The molecule has 3 aromatic carbocycles. The summed E-state index contributed by atoms with van der Waals surface area (Å²) in [6.45, 7) is 0. The molecule has 0 saturated heterocycles. The molecule has 4 aromatic rings. The highest BCUT2D eigenvalue weighted by Crippen LogP contribution is 2.25. The van der Waals surface area contributed by atoms with E-state index in [9.17, 15) is 0 Å². The maximum absolute atomic E-state index is 4.54. The van der Waals surface area contributed by atoms with Crippen LogP contribution in [0.4, 0.5) is 0 Å². The van der Waals surface area contributed by atoms with Crippen molar-refractivity contribution in [2.45, 2.75) is 0 Å². The third-order valence-corrected chi connectivity index (χ3v) is 3.88. The highest BCUT2D eigenvalue weighted by molar-refractivity contribution is 6.05. The fourth-order valence-corrected chi connectivity index (χ4v) is 2.74. The molecule has 0 saturated carbocycles. The van der Waals surface area contributed by atoms with Crippen LogP contribution in [0, 0.1) is 0 Å². The molecule has 1 heteroatoms. The van der Waals surface area contributed by atoms with Gasteiger partial charge in [-0.2, -0.15) is 0 Å². The molecule has 0 aliphatic rings. The molecule has 0 aliphatic carbocycles. The highest BCUT2D eigenvalue weighted by Gasteiger charge is 2.01. The third-order valence-electron chi connectivity index (χ3n) is 3.88. The van der Waals surface area contributed by atoms with Gasteiger partial charge in [0.05, 0.1) is 5.52 Å². The van der Waals surface area contributed by atoms with Crippen molar-refractivity contribution in [2.24, 2.45) is 0 Å². The zero-order chi connectivity index (χ0) is 14.8. The van der Waals surface area contributed by atoms with Crippen molar-refractivity contribution in [1.82, 2.24) is 4.98 Å². The van der Waals surface area contributed by atoms with Crippen LogP contribution in [0.5, 0.6) is 0 Å². The smallest absolute Gasteiger partial charge is 0.0780 e. The molecule has 0 radical (unpaired) electrons. The fourth-order valence-electron chi connectivity index (χ4n) is 2.74. The van der Waals surface area contributed by atoms with Gasteiger partial charge in [-0.15, -0.1) is 0 Å². The summed E-state index contributed by atoms with van der Waals surface area (Å²) in [5.41, 5.74) is 3.46. The van der Waals surface area contributed by atoms with E-state index in [0.717, 1.165) is 5.52 Å². The van der Waals surface area contributed by atoms with Crippen molar-refractivity contribution in [2.75, 3.05) is 0 Å². The molecule has 0 fully saturated rings. The van der Waals surface area contributed by atoms with E-state index in [4.69, 9.17) is 0 Å². The van der Waals surface area contributed by atoms with Gasteiger partial charge in [-0.3, -0.25) is 4.98 Å². The topological polar surface area (TPSA) is 12.9 Å². The molecule has 0 atom stereocenters. The van der Waals surface area contributed by atoms with Crippen molar-refractivity contribution < 1.29 is 0 Å². The third kappa shape index (κ3) is 2.38. The van der Waals surface area contributed by atoms with Crippen LogP contribution < -0.4 is 0 Å². The van der Waals surface area contributed by atoms with Gasteiger partial charge in [-0.1, -0.05) is 72.8 Å². The monoisotopic (exact) mass is 281 g/mol. The summed E-state index contributed by atoms with van der Waals surface area (Å²) in [6, 6.07) is 25.2. The van der Waals surface area contributed by atoms with Crippen LogP contribution in [-0.4, -0.2) is 4.98 Å². The normalized spacial score (nSPS) is 11.5. The van der Waals surface area contributed by atoms with Crippen LogP contribution in [0.2, 0.25) is 0 Å². The lowest BCUT2D eigenvalue weighted by Gasteiger charge is -2.04. The molecular weight excluding hydrogens is 266 g/mol. The van der Waals surface area contributed by atoms with Gasteiger partial charge in [-0.05, 0) is 28.6 Å². The highest BCUT2D eigenvalue weighted by atomic mass is 14.6. The number of fused-ring (bicyclic) bond motifs is 3. The molecule has 0 amide bonds. The summed E-state index contributed by atoms with van der Waals surface area (Å²) in [4.78, 5) is 4.54. The number of aromatic nitrogens is 1. The molecule has 4 rings (SSSR count). The average molecular weight is 281 g/mol. The van der Waals surface area contributed by atoms with Crippen molar-refractivity contribution in [3.8, 4) is 0 Å². The van der Waals surface area contributed by atoms with Gasteiger partial charge < -0.3 is 0 Å². The van der Waals surface area contributed by atoms with Crippen LogP contribution in [0.3, 0.4) is 0 Å². The summed E-state index contributed by atoms with van der Waals surface area (Å²) < 4.78 is 0. The minimum absolute atomic E-state index is 1.06. The lowest BCUT2D eigenvalue weighted by molar-refractivity contribution is 1.43. The summed E-state index contributed by atoms with van der Waals surface area (Å²) >= 11 is 0. The quantitative estimate of drug-likeness (QED) is 0.346. The van der Waals surface area contributed by atoms with E-state index in [0.29, 0.717) is 0 Å². The van der Waals surface area contributed by atoms with E-state index in [1.165, 1.54) is 27.3 Å². The van der Waals surface area contributed by atoms with E-state index in [1.54, 1.807) is 0 Å². The number of nitrogens with zero attached hydrogens (tertiary/aromatic N) is 1. The molecule has 0 spiro atoms. The van der Waals surface area contributed by atoms with E-state index in [-0.39, 0.29) is 0 Å². The van der Waals surface area contributed by atoms with Crippen LogP contribution in [0.15, 0.2) is 79.0 Å². The molecule has 0 N–H and O–H groups in total. The Morgan fingerprint density at radius 1 is 0.636 bits per heavy atom. The van der Waals surface area contributed by atoms with E-state index < -0.39 is 0 Å². The second-order valence-corrected chi connectivity index (χ2v) is 5.37. The maximum atomic E-state index is 4.54. The minimum Gasteiger partial charge on any atom is -0.256 e. The second-order valence-electron chi connectivity index (χ2n) is 5.37. The van der Waals surface area contributed by atoms with E-state index in [2.05, 4.69) is 77.8 Å². The Kier molecular flexibility index (Phi) is 3.17. The van der Waals surface area contributed by atoms with Gasteiger partial charge in [0.1, 0.15) is 0 Å². The summed E-state index contributed by atoms with van der Waals surface area (Å²) in [5, 5.41) is 3.61. The summed E-state index contributed by atoms with van der Waals surface area (Å²) in [5.74, 6) is 0. The number of hydrogen-bond donors (Lipinski definition) is 0. The van der Waals surface area contributed by atoms with Crippen LogP contribution in [0.25, 0.3) is 33.8 Å². The molecule has 1 aromatic heterocycles. The lowest BCUT2D eigenvalue weighted by Crippen LogP contribution is -1.82. The predicted molar refractivity (Wildman–Crippen MR) is 94.6 cm³/mol. The first-order valence-electron chi connectivity index (χ1n) is 7.41. The molecule has 1 nitrogen and oxygen atoms in total. The SMILES string of the molecule is C(=C/c1ccc2ccc3cccnc3c2c1)/c1ccccc1. The Hall–Kier alpha value is -2.93.